The summed E-state index contributed by atoms with van der Waals surface area (Å²) in [6.07, 6.45) is 3.82. The van der Waals surface area contributed by atoms with Gasteiger partial charge in [0.05, 0.1) is 18.0 Å². The van der Waals surface area contributed by atoms with Crippen molar-refractivity contribution in [2.24, 2.45) is 0 Å². The van der Waals surface area contributed by atoms with Crippen LogP contribution in [0.5, 0.6) is 0 Å². The Hall–Kier alpha value is -1.75. The number of hydrogen-bond acceptors (Lipinski definition) is 4. The van der Waals surface area contributed by atoms with Gasteiger partial charge in [-0.1, -0.05) is 0 Å². The summed E-state index contributed by atoms with van der Waals surface area (Å²) in [7, 11) is 0. The zero-order chi connectivity index (χ0) is 12.1. The second kappa shape index (κ2) is 5.54. The van der Waals surface area contributed by atoms with Gasteiger partial charge in [0.15, 0.2) is 0 Å². The molecule has 0 aliphatic rings. The van der Waals surface area contributed by atoms with Crippen molar-refractivity contribution in [3.63, 3.8) is 0 Å². The predicted octanol–water partition coefficient (Wildman–Crippen LogP) is 1.90. The van der Waals surface area contributed by atoms with E-state index < -0.39 is 0 Å². The van der Waals surface area contributed by atoms with Crippen LogP contribution in [0.1, 0.15) is 22.8 Å². The Kier molecular flexibility index (Phi) is 3.82. The lowest BCUT2D eigenvalue weighted by atomic mass is 10.1. The molecule has 2 rings (SSSR count). The SMILES string of the molecule is CC(Cc1ccsc1)NC(=O)c1ccnnc1. The first-order chi connectivity index (χ1) is 8.25. The monoisotopic (exact) mass is 247 g/mol. The summed E-state index contributed by atoms with van der Waals surface area (Å²) in [5.74, 6) is -0.109. The number of carbonyl (C=O) groups is 1. The van der Waals surface area contributed by atoms with Gasteiger partial charge < -0.3 is 5.32 Å². The molecule has 0 spiro atoms. The molecule has 2 aromatic rings. The fourth-order valence-electron chi connectivity index (χ4n) is 1.55. The Balaban J connectivity index is 1.91. The topological polar surface area (TPSA) is 54.9 Å². The number of hydrogen-bond donors (Lipinski definition) is 1. The zero-order valence-electron chi connectivity index (χ0n) is 9.46. The third-order valence-electron chi connectivity index (χ3n) is 2.35. The largest absolute Gasteiger partial charge is 0.349 e. The van der Waals surface area contributed by atoms with Crippen molar-refractivity contribution in [2.75, 3.05) is 0 Å². The molecule has 1 atom stereocenters. The molecule has 17 heavy (non-hydrogen) atoms. The molecule has 1 amide bonds. The number of amides is 1. The molecule has 0 radical (unpaired) electrons. The van der Waals surface area contributed by atoms with Crippen molar-refractivity contribution in [3.8, 4) is 0 Å². The van der Waals surface area contributed by atoms with Crippen molar-refractivity contribution in [2.45, 2.75) is 19.4 Å². The van der Waals surface area contributed by atoms with Crippen LogP contribution in [0.15, 0.2) is 35.3 Å². The molecule has 0 saturated carbocycles. The van der Waals surface area contributed by atoms with E-state index in [0.717, 1.165) is 6.42 Å². The molecule has 2 aromatic heterocycles. The minimum absolute atomic E-state index is 0.102. The van der Waals surface area contributed by atoms with Gasteiger partial charge in [0.25, 0.3) is 5.91 Å². The summed E-state index contributed by atoms with van der Waals surface area (Å²) in [5.41, 5.74) is 1.79. The molecule has 0 bridgehead atoms. The second-order valence-electron chi connectivity index (χ2n) is 3.84. The lowest BCUT2D eigenvalue weighted by molar-refractivity contribution is 0.0939. The quantitative estimate of drug-likeness (QED) is 0.897. The molecular formula is C12H13N3OS. The average Bonchev–Trinajstić information content (AvgIpc) is 2.82. The molecule has 0 saturated heterocycles. The molecule has 88 valence electrons. The van der Waals surface area contributed by atoms with Crippen LogP contribution in [0.3, 0.4) is 0 Å². The van der Waals surface area contributed by atoms with Crippen molar-refractivity contribution in [3.05, 3.63) is 46.4 Å². The summed E-state index contributed by atoms with van der Waals surface area (Å²) < 4.78 is 0. The van der Waals surface area contributed by atoms with E-state index >= 15 is 0 Å². The van der Waals surface area contributed by atoms with Gasteiger partial charge in [0, 0.05) is 6.04 Å². The summed E-state index contributed by atoms with van der Waals surface area (Å²) in [6.45, 7) is 1.99. The smallest absolute Gasteiger partial charge is 0.253 e. The normalized spacial score (nSPS) is 12.1. The van der Waals surface area contributed by atoms with Crippen molar-refractivity contribution in [1.29, 1.82) is 0 Å². The van der Waals surface area contributed by atoms with Crippen molar-refractivity contribution >= 4 is 17.2 Å². The first-order valence-corrected chi connectivity index (χ1v) is 6.28. The summed E-state index contributed by atoms with van der Waals surface area (Å²) >= 11 is 1.67. The number of rotatable bonds is 4. The van der Waals surface area contributed by atoms with Crippen molar-refractivity contribution in [1.82, 2.24) is 15.5 Å². The second-order valence-corrected chi connectivity index (χ2v) is 4.62. The highest BCUT2D eigenvalue weighted by atomic mass is 32.1. The zero-order valence-corrected chi connectivity index (χ0v) is 10.3. The molecular weight excluding hydrogens is 234 g/mol. The fourth-order valence-corrected chi connectivity index (χ4v) is 2.23. The van der Waals surface area contributed by atoms with Crippen LogP contribution < -0.4 is 5.32 Å². The van der Waals surface area contributed by atoms with E-state index in [9.17, 15) is 4.79 Å². The standard InChI is InChI=1S/C12H13N3OS/c1-9(6-10-3-5-17-8-10)15-12(16)11-2-4-13-14-7-11/h2-5,7-9H,6H2,1H3,(H,15,16). The maximum Gasteiger partial charge on any atom is 0.253 e. The van der Waals surface area contributed by atoms with Gasteiger partial charge in [-0.15, -0.1) is 0 Å². The van der Waals surface area contributed by atoms with Crippen molar-refractivity contribution < 1.29 is 4.79 Å². The predicted molar refractivity (Wildman–Crippen MR) is 67.0 cm³/mol. The van der Waals surface area contributed by atoms with E-state index in [0.29, 0.717) is 5.56 Å². The first kappa shape index (κ1) is 11.7. The summed E-state index contributed by atoms with van der Waals surface area (Å²) in [4.78, 5) is 11.8. The highest BCUT2D eigenvalue weighted by Gasteiger charge is 2.10. The lowest BCUT2D eigenvalue weighted by Gasteiger charge is -2.12. The van der Waals surface area contributed by atoms with E-state index in [4.69, 9.17) is 0 Å². The molecule has 4 nitrogen and oxygen atoms in total. The van der Waals surface area contributed by atoms with Crippen LogP contribution >= 0.6 is 11.3 Å². The molecule has 0 fully saturated rings. The molecule has 2 heterocycles. The third-order valence-corrected chi connectivity index (χ3v) is 3.08. The lowest BCUT2D eigenvalue weighted by Crippen LogP contribution is -2.34. The van der Waals surface area contributed by atoms with Crippen LogP contribution in [-0.4, -0.2) is 22.1 Å². The molecule has 0 aromatic carbocycles. The Morgan fingerprint density at radius 2 is 2.35 bits per heavy atom. The van der Waals surface area contributed by atoms with E-state index in [-0.39, 0.29) is 11.9 Å². The van der Waals surface area contributed by atoms with Gasteiger partial charge in [-0.25, -0.2) is 0 Å². The highest BCUT2D eigenvalue weighted by molar-refractivity contribution is 7.07. The summed E-state index contributed by atoms with van der Waals surface area (Å²) in [5, 5.41) is 14.4. The van der Waals surface area contributed by atoms with E-state index in [1.165, 1.54) is 18.0 Å². The number of thiophene rings is 1. The molecule has 0 aliphatic heterocycles. The maximum atomic E-state index is 11.8. The van der Waals surface area contributed by atoms with E-state index in [1.54, 1.807) is 17.4 Å². The number of carbonyl (C=O) groups excluding carboxylic acids is 1. The minimum atomic E-state index is -0.109. The average molecular weight is 247 g/mol. The fraction of sp³-hybridized carbons (Fsp3) is 0.250. The van der Waals surface area contributed by atoms with Gasteiger partial charge in [-0.05, 0) is 41.8 Å². The number of aromatic nitrogens is 2. The molecule has 1 unspecified atom stereocenters. The van der Waals surface area contributed by atoms with E-state index in [1.807, 2.05) is 12.3 Å². The van der Waals surface area contributed by atoms with Gasteiger partial charge in [-0.3, -0.25) is 4.79 Å². The highest BCUT2D eigenvalue weighted by Crippen LogP contribution is 2.08. The molecule has 0 aliphatic carbocycles. The van der Waals surface area contributed by atoms with Crippen LogP contribution in [0.4, 0.5) is 0 Å². The van der Waals surface area contributed by atoms with Crippen LogP contribution in [0.2, 0.25) is 0 Å². The van der Waals surface area contributed by atoms with Crippen LogP contribution in [0.25, 0.3) is 0 Å². The number of nitrogens with one attached hydrogen (secondary N) is 1. The van der Waals surface area contributed by atoms with Gasteiger partial charge in [-0.2, -0.15) is 21.5 Å². The summed E-state index contributed by atoms with van der Waals surface area (Å²) in [6, 6.07) is 3.83. The Labute approximate surface area is 104 Å². The van der Waals surface area contributed by atoms with Gasteiger partial charge in [0.2, 0.25) is 0 Å². The first-order valence-electron chi connectivity index (χ1n) is 5.34. The Morgan fingerprint density at radius 1 is 1.47 bits per heavy atom. The maximum absolute atomic E-state index is 11.8. The van der Waals surface area contributed by atoms with E-state index in [2.05, 4.69) is 27.0 Å². The number of nitrogens with zero attached hydrogens (tertiary/aromatic N) is 2. The Bertz CT molecular complexity index is 470. The van der Waals surface area contributed by atoms with Crippen LogP contribution in [-0.2, 0) is 6.42 Å². The minimum Gasteiger partial charge on any atom is -0.349 e. The van der Waals surface area contributed by atoms with Gasteiger partial charge in [0.1, 0.15) is 0 Å². The van der Waals surface area contributed by atoms with Crippen LogP contribution in [0, 0.1) is 0 Å². The molecule has 1 N–H and O–H groups in total. The van der Waals surface area contributed by atoms with Gasteiger partial charge >= 0.3 is 0 Å². The molecule has 5 heteroatoms. The Morgan fingerprint density at radius 3 is 3.00 bits per heavy atom. The third kappa shape index (κ3) is 3.35.